The van der Waals surface area contributed by atoms with E-state index in [1.165, 1.54) is 17.9 Å². The number of fused-ring (bicyclic) bond motifs is 1. The lowest BCUT2D eigenvalue weighted by Crippen LogP contribution is -1.93. The fraction of sp³-hybridized carbons (Fsp3) is 0.571. The third kappa shape index (κ3) is 0.732. The topological polar surface area (TPSA) is 17.8 Å². The number of aromatic nitrogens is 2. The van der Waals surface area contributed by atoms with Gasteiger partial charge in [-0.05, 0) is 13.3 Å². The molecule has 54 valence electrons. The highest BCUT2D eigenvalue weighted by molar-refractivity contribution is 9.09. The Morgan fingerprint density at radius 3 is 3.30 bits per heavy atom. The van der Waals surface area contributed by atoms with Crippen LogP contribution in [0.15, 0.2) is 6.20 Å². The Bertz CT molecular complexity index is 254. The summed E-state index contributed by atoms with van der Waals surface area (Å²) in [6, 6.07) is 0. The highest BCUT2D eigenvalue weighted by atomic mass is 79.9. The quantitative estimate of drug-likeness (QED) is 0.587. The molecule has 1 aliphatic rings. The summed E-state index contributed by atoms with van der Waals surface area (Å²) in [5.41, 5.74) is 1.27. The second-order valence-electron chi connectivity index (χ2n) is 2.67. The first-order chi connectivity index (χ1) is 4.79. The van der Waals surface area contributed by atoms with Crippen LogP contribution in [0.3, 0.4) is 0 Å². The van der Waals surface area contributed by atoms with E-state index >= 15 is 0 Å². The van der Waals surface area contributed by atoms with E-state index in [4.69, 9.17) is 0 Å². The lowest BCUT2D eigenvalue weighted by Gasteiger charge is -1.96. The zero-order chi connectivity index (χ0) is 7.14. The van der Waals surface area contributed by atoms with Crippen molar-refractivity contribution in [3.05, 3.63) is 17.7 Å². The highest BCUT2D eigenvalue weighted by Crippen LogP contribution is 2.32. The number of aryl methyl sites for hydroxylation is 1. The number of hydrogen-bond acceptors (Lipinski definition) is 1. The molecule has 0 saturated heterocycles. The SMILES string of the molecule is Cc1cnc2n1CCC2Br. The number of nitrogens with zero attached hydrogens (tertiary/aromatic N) is 2. The Morgan fingerprint density at radius 2 is 2.60 bits per heavy atom. The van der Waals surface area contributed by atoms with Crippen molar-refractivity contribution in [1.29, 1.82) is 0 Å². The smallest absolute Gasteiger partial charge is 0.122 e. The van der Waals surface area contributed by atoms with E-state index in [0.717, 1.165) is 6.54 Å². The molecule has 2 nitrogen and oxygen atoms in total. The van der Waals surface area contributed by atoms with E-state index in [2.05, 4.69) is 32.4 Å². The van der Waals surface area contributed by atoms with E-state index in [1.54, 1.807) is 0 Å². The average Bonchev–Trinajstić information content (AvgIpc) is 2.41. The molecular weight excluding hydrogens is 192 g/mol. The monoisotopic (exact) mass is 200 g/mol. The van der Waals surface area contributed by atoms with Crippen molar-refractivity contribution in [3.63, 3.8) is 0 Å². The standard InChI is InChI=1S/C7H9BrN2/c1-5-4-9-7-6(8)2-3-10(5)7/h4,6H,2-3H2,1H3. The van der Waals surface area contributed by atoms with Gasteiger partial charge in [0.05, 0.1) is 4.83 Å². The van der Waals surface area contributed by atoms with Crippen LogP contribution in [-0.4, -0.2) is 9.55 Å². The predicted molar refractivity (Wildman–Crippen MR) is 43.2 cm³/mol. The minimum atomic E-state index is 0.487. The van der Waals surface area contributed by atoms with Crippen LogP contribution in [0, 0.1) is 6.92 Å². The van der Waals surface area contributed by atoms with E-state index in [9.17, 15) is 0 Å². The molecule has 2 heterocycles. The lowest BCUT2D eigenvalue weighted by molar-refractivity contribution is 0.728. The molecule has 0 N–H and O–H groups in total. The first-order valence-electron chi connectivity index (χ1n) is 3.45. The molecule has 1 atom stereocenters. The Labute approximate surface area is 68.4 Å². The zero-order valence-corrected chi connectivity index (χ0v) is 7.43. The van der Waals surface area contributed by atoms with Gasteiger partial charge in [0, 0.05) is 18.4 Å². The van der Waals surface area contributed by atoms with Gasteiger partial charge in [-0.1, -0.05) is 15.9 Å². The Morgan fingerprint density at radius 1 is 1.80 bits per heavy atom. The summed E-state index contributed by atoms with van der Waals surface area (Å²) in [5.74, 6) is 1.19. The normalized spacial score (nSPS) is 23.2. The van der Waals surface area contributed by atoms with E-state index in [-0.39, 0.29) is 0 Å². The second-order valence-corrected chi connectivity index (χ2v) is 3.77. The number of rotatable bonds is 0. The third-order valence-electron chi connectivity index (χ3n) is 1.97. The Balaban J connectivity index is 2.53. The van der Waals surface area contributed by atoms with Crippen molar-refractivity contribution < 1.29 is 0 Å². The van der Waals surface area contributed by atoms with Crippen molar-refractivity contribution in [1.82, 2.24) is 9.55 Å². The summed E-state index contributed by atoms with van der Waals surface area (Å²) in [6.45, 7) is 3.22. The maximum Gasteiger partial charge on any atom is 0.122 e. The first kappa shape index (κ1) is 6.40. The third-order valence-corrected chi connectivity index (χ3v) is 2.84. The van der Waals surface area contributed by atoms with Gasteiger partial charge in [0.1, 0.15) is 5.82 Å². The fourth-order valence-corrected chi connectivity index (χ4v) is 1.96. The van der Waals surface area contributed by atoms with Gasteiger partial charge in [-0.2, -0.15) is 0 Å². The lowest BCUT2D eigenvalue weighted by atomic mass is 10.4. The zero-order valence-electron chi connectivity index (χ0n) is 5.84. The van der Waals surface area contributed by atoms with Gasteiger partial charge in [0.25, 0.3) is 0 Å². The summed E-state index contributed by atoms with van der Waals surface area (Å²) in [6.07, 6.45) is 3.12. The summed E-state index contributed by atoms with van der Waals surface area (Å²) in [5, 5.41) is 0. The van der Waals surface area contributed by atoms with Crippen molar-refractivity contribution in [2.75, 3.05) is 0 Å². The van der Waals surface area contributed by atoms with Gasteiger partial charge in [-0.15, -0.1) is 0 Å². The van der Waals surface area contributed by atoms with Crippen LogP contribution >= 0.6 is 15.9 Å². The minimum Gasteiger partial charge on any atom is -0.331 e. The van der Waals surface area contributed by atoms with Crippen LogP contribution in [0.4, 0.5) is 0 Å². The number of hydrogen-bond donors (Lipinski definition) is 0. The second kappa shape index (κ2) is 2.09. The van der Waals surface area contributed by atoms with Crippen LogP contribution < -0.4 is 0 Å². The van der Waals surface area contributed by atoms with Crippen molar-refractivity contribution in [2.45, 2.75) is 24.7 Å². The maximum absolute atomic E-state index is 4.29. The summed E-state index contributed by atoms with van der Waals surface area (Å²) in [7, 11) is 0. The molecule has 1 aliphatic heterocycles. The van der Waals surface area contributed by atoms with Gasteiger partial charge in [0.15, 0.2) is 0 Å². The molecule has 0 amide bonds. The van der Waals surface area contributed by atoms with E-state index in [0.29, 0.717) is 4.83 Å². The molecule has 0 aromatic carbocycles. The molecule has 3 heteroatoms. The number of alkyl halides is 1. The van der Waals surface area contributed by atoms with E-state index < -0.39 is 0 Å². The molecule has 0 bridgehead atoms. The molecule has 0 fully saturated rings. The van der Waals surface area contributed by atoms with Gasteiger partial charge in [-0.25, -0.2) is 4.98 Å². The van der Waals surface area contributed by atoms with Crippen LogP contribution in [-0.2, 0) is 6.54 Å². The van der Waals surface area contributed by atoms with Crippen molar-refractivity contribution in [2.24, 2.45) is 0 Å². The van der Waals surface area contributed by atoms with E-state index in [1.807, 2.05) is 6.20 Å². The molecule has 1 aromatic heterocycles. The van der Waals surface area contributed by atoms with Crippen LogP contribution in [0.2, 0.25) is 0 Å². The van der Waals surface area contributed by atoms with Crippen LogP contribution in [0.25, 0.3) is 0 Å². The maximum atomic E-state index is 4.29. The Hall–Kier alpha value is -0.310. The summed E-state index contributed by atoms with van der Waals surface area (Å²) >= 11 is 3.57. The van der Waals surface area contributed by atoms with Crippen molar-refractivity contribution in [3.8, 4) is 0 Å². The molecule has 1 unspecified atom stereocenters. The molecule has 0 aliphatic carbocycles. The summed E-state index contributed by atoms with van der Waals surface area (Å²) < 4.78 is 2.26. The summed E-state index contributed by atoms with van der Waals surface area (Å²) in [4.78, 5) is 4.78. The Kier molecular flexibility index (Phi) is 1.34. The number of halogens is 1. The van der Waals surface area contributed by atoms with Crippen molar-refractivity contribution >= 4 is 15.9 Å². The van der Waals surface area contributed by atoms with Crippen LogP contribution in [0.5, 0.6) is 0 Å². The molecule has 0 radical (unpaired) electrons. The molecule has 10 heavy (non-hydrogen) atoms. The van der Waals surface area contributed by atoms with Crippen LogP contribution in [0.1, 0.15) is 22.8 Å². The minimum absolute atomic E-state index is 0.487. The predicted octanol–water partition coefficient (Wildman–Crippen LogP) is 2.03. The van der Waals surface area contributed by atoms with Gasteiger partial charge >= 0.3 is 0 Å². The largest absolute Gasteiger partial charge is 0.331 e. The fourth-order valence-electron chi connectivity index (χ4n) is 1.39. The molecule has 1 aromatic rings. The van der Waals surface area contributed by atoms with Gasteiger partial charge in [-0.3, -0.25) is 0 Å². The number of imidazole rings is 1. The average molecular weight is 201 g/mol. The van der Waals surface area contributed by atoms with Gasteiger partial charge < -0.3 is 4.57 Å². The van der Waals surface area contributed by atoms with Gasteiger partial charge in [0.2, 0.25) is 0 Å². The first-order valence-corrected chi connectivity index (χ1v) is 4.36. The molecule has 0 saturated carbocycles. The molecule has 0 spiro atoms. The molecular formula is C7H9BrN2. The highest BCUT2D eigenvalue weighted by Gasteiger charge is 2.21. The molecule has 2 rings (SSSR count).